The van der Waals surface area contributed by atoms with Gasteiger partial charge in [-0.3, -0.25) is 4.79 Å². The Kier molecular flexibility index (Phi) is 7.02. The van der Waals surface area contributed by atoms with Crippen molar-refractivity contribution in [2.24, 2.45) is 0 Å². The summed E-state index contributed by atoms with van der Waals surface area (Å²) in [6.07, 6.45) is 9.27. The SMILES string of the molecule is C=CCNc1nc(C(=O)OCC(=O)N(Cc2ccco2)C2=CCCCC2)cs1. The zero-order chi connectivity index (χ0) is 19.8. The first kappa shape index (κ1) is 19.9. The van der Waals surface area contributed by atoms with Crippen LogP contribution in [0.2, 0.25) is 0 Å². The normalized spacial score (nSPS) is 13.5. The first-order chi connectivity index (χ1) is 13.7. The van der Waals surface area contributed by atoms with Crippen LogP contribution in [-0.2, 0) is 16.1 Å². The van der Waals surface area contributed by atoms with E-state index in [1.807, 2.05) is 6.07 Å². The topological polar surface area (TPSA) is 84.7 Å². The first-order valence-electron chi connectivity index (χ1n) is 9.16. The number of hydrogen-bond acceptors (Lipinski definition) is 7. The summed E-state index contributed by atoms with van der Waals surface area (Å²) >= 11 is 1.30. The van der Waals surface area contributed by atoms with Crippen molar-refractivity contribution < 1.29 is 18.7 Å². The molecule has 2 aromatic rings. The summed E-state index contributed by atoms with van der Waals surface area (Å²) in [7, 11) is 0. The third-order valence-corrected chi connectivity index (χ3v) is 5.05. The molecule has 0 bridgehead atoms. The number of thiazole rings is 1. The number of carbonyl (C=O) groups excluding carboxylic acids is 2. The molecule has 2 heterocycles. The summed E-state index contributed by atoms with van der Waals surface area (Å²) in [4.78, 5) is 30.8. The van der Waals surface area contributed by atoms with E-state index in [0.29, 0.717) is 24.0 Å². The molecule has 1 amide bonds. The maximum atomic E-state index is 12.8. The fourth-order valence-corrected chi connectivity index (χ4v) is 3.55. The second-order valence-corrected chi connectivity index (χ2v) is 7.14. The van der Waals surface area contributed by atoms with Gasteiger partial charge in [0, 0.05) is 17.6 Å². The van der Waals surface area contributed by atoms with Crippen LogP contribution in [0.5, 0.6) is 0 Å². The molecule has 28 heavy (non-hydrogen) atoms. The van der Waals surface area contributed by atoms with E-state index >= 15 is 0 Å². The van der Waals surface area contributed by atoms with E-state index < -0.39 is 5.97 Å². The van der Waals surface area contributed by atoms with Crippen molar-refractivity contribution >= 4 is 28.3 Å². The first-order valence-corrected chi connectivity index (χ1v) is 10.0. The number of esters is 1. The maximum Gasteiger partial charge on any atom is 0.358 e. The van der Waals surface area contributed by atoms with Crippen LogP contribution in [0.1, 0.15) is 41.9 Å². The van der Waals surface area contributed by atoms with Gasteiger partial charge in [0.2, 0.25) is 0 Å². The average molecular weight is 401 g/mol. The molecule has 148 valence electrons. The number of nitrogens with zero attached hydrogens (tertiary/aromatic N) is 2. The Bertz CT molecular complexity index is 842. The largest absolute Gasteiger partial charge is 0.467 e. The van der Waals surface area contributed by atoms with E-state index in [9.17, 15) is 9.59 Å². The highest BCUT2D eigenvalue weighted by Crippen LogP contribution is 2.23. The predicted molar refractivity (Wildman–Crippen MR) is 107 cm³/mol. The molecule has 1 aliphatic rings. The molecule has 3 rings (SSSR count). The van der Waals surface area contributed by atoms with E-state index in [4.69, 9.17) is 9.15 Å². The van der Waals surface area contributed by atoms with Crippen molar-refractivity contribution in [3.05, 3.63) is 59.7 Å². The molecule has 0 aliphatic heterocycles. The van der Waals surface area contributed by atoms with Crippen molar-refractivity contribution in [1.29, 1.82) is 0 Å². The second kappa shape index (κ2) is 9.89. The lowest BCUT2D eigenvalue weighted by Gasteiger charge is -2.26. The van der Waals surface area contributed by atoms with Gasteiger partial charge >= 0.3 is 5.97 Å². The molecule has 0 spiro atoms. The number of amides is 1. The molecule has 0 atom stereocenters. The Balaban J connectivity index is 1.61. The van der Waals surface area contributed by atoms with E-state index in [0.717, 1.165) is 31.4 Å². The lowest BCUT2D eigenvalue weighted by Crippen LogP contribution is -2.34. The van der Waals surface area contributed by atoms with Gasteiger partial charge in [-0.1, -0.05) is 12.2 Å². The molecular formula is C20H23N3O4S. The number of rotatable bonds is 9. The zero-order valence-corrected chi connectivity index (χ0v) is 16.4. The molecule has 0 fully saturated rings. The van der Waals surface area contributed by atoms with Gasteiger partial charge in [0.05, 0.1) is 12.8 Å². The Morgan fingerprint density at radius 2 is 2.32 bits per heavy atom. The van der Waals surface area contributed by atoms with E-state index in [-0.39, 0.29) is 18.2 Å². The molecule has 0 unspecified atom stereocenters. The average Bonchev–Trinajstić information content (AvgIpc) is 3.41. The highest BCUT2D eigenvalue weighted by atomic mass is 32.1. The van der Waals surface area contributed by atoms with Gasteiger partial charge in [0.25, 0.3) is 5.91 Å². The van der Waals surface area contributed by atoms with Gasteiger partial charge in [-0.2, -0.15) is 0 Å². The van der Waals surface area contributed by atoms with Crippen molar-refractivity contribution in [3.63, 3.8) is 0 Å². The number of hydrogen-bond donors (Lipinski definition) is 1. The van der Waals surface area contributed by atoms with Gasteiger partial charge in [-0.25, -0.2) is 9.78 Å². The van der Waals surface area contributed by atoms with Gasteiger partial charge in [-0.05, 0) is 37.8 Å². The minimum absolute atomic E-state index is 0.179. The lowest BCUT2D eigenvalue weighted by molar-refractivity contribution is -0.133. The number of ether oxygens (including phenoxy) is 1. The molecule has 7 nitrogen and oxygen atoms in total. The summed E-state index contributed by atoms with van der Waals surface area (Å²) in [6.45, 7) is 4.15. The van der Waals surface area contributed by atoms with Crippen LogP contribution < -0.4 is 5.32 Å². The van der Waals surface area contributed by atoms with Crippen molar-refractivity contribution in [1.82, 2.24) is 9.88 Å². The quantitative estimate of drug-likeness (QED) is 0.505. The Hall–Kier alpha value is -2.87. The van der Waals surface area contributed by atoms with Crippen LogP contribution in [0.15, 0.2) is 52.6 Å². The smallest absolute Gasteiger partial charge is 0.358 e. The van der Waals surface area contributed by atoms with Gasteiger partial charge in [0.15, 0.2) is 17.4 Å². The van der Waals surface area contributed by atoms with Crippen molar-refractivity contribution in [2.75, 3.05) is 18.5 Å². The second-order valence-electron chi connectivity index (χ2n) is 6.28. The van der Waals surface area contributed by atoms with Crippen LogP contribution >= 0.6 is 11.3 Å². The molecule has 2 aromatic heterocycles. The number of nitrogens with one attached hydrogen (secondary N) is 1. The van der Waals surface area contributed by atoms with Crippen LogP contribution in [-0.4, -0.2) is 34.9 Å². The summed E-state index contributed by atoms with van der Waals surface area (Å²) in [5.41, 5.74) is 1.13. The summed E-state index contributed by atoms with van der Waals surface area (Å²) in [5, 5.41) is 5.21. The fraction of sp³-hybridized carbons (Fsp3) is 0.350. The summed E-state index contributed by atoms with van der Waals surface area (Å²) in [5.74, 6) is -0.214. The summed E-state index contributed by atoms with van der Waals surface area (Å²) < 4.78 is 10.6. The third-order valence-electron chi connectivity index (χ3n) is 4.25. The minimum atomic E-state index is -0.619. The number of aromatic nitrogens is 1. The zero-order valence-electron chi connectivity index (χ0n) is 15.6. The molecule has 0 radical (unpaired) electrons. The van der Waals surface area contributed by atoms with Crippen LogP contribution in [0.4, 0.5) is 5.13 Å². The molecule has 1 aliphatic carbocycles. The maximum absolute atomic E-state index is 12.8. The van der Waals surface area contributed by atoms with Crippen LogP contribution in [0.25, 0.3) is 0 Å². The molecule has 0 saturated carbocycles. The highest BCUT2D eigenvalue weighted by molar-refractivity contribution is 7.13. The Morgan fingerprint density at radius 3 is 3.04 bits per heavy atom. The number of allylic oxidation sites excluding steroid dienone is 2. The van der Waals surface area contributed by atoms with E-state index in [1.54, 1.807) is 28.7 Å². The molecule has 0 saturated heterocycles. The molecule has 1 N–H and O–H groups in total. The number of anilines is 1. The van der Waals surface area contributed by atoms with Gasteiger partial charge in [0.1, 0.15) is 5.76 Å². The van der Waals surface area contributed by atoms with Crippen LogP contribution in [0.3, 0.4) is 0 Å². The van der Waals surface area contributed by atoms with Crippen molar-refractivity contribution in [3.8, 4) is 0 Å². The fourth-order valence-electron chi connectivity index (χ4n) is 2.86. The third kappa shape index (κ3) is 5.32. The number of carbonyl (C=O) groups is 2. The molecular weight excluding hydrogens is 378 g/mol. The monoisotopic (exact) mass is 401 g/mol. The Labute approximate surface area is 167 Å². The van der Waals surface area contributed by atoms with Gasteiger partial charge < -0.3 is 19.4 Å². The van der Waals surface area contributed by atoms with Gasteiger partial charge in [-0.15, -0.1) is 17.9 Å². The van der Waals surface area contributed by atoms with Crippen LogP contribution in [0, 0.1) is 0 Å². The molecule has 8 heteroatoms. The standard InChI is InChI=1S/C20H23N3O4S/c1-2-10-21-20-22-17(14-28-20)19(25)27-13-18(24)23(12-16-9-6-11-26-16)15-7-4-3-5-8-15/h2,6-7,9,11,14H,1,3-5,8,10,12-13H2,(H,21,22). The Morgan fingerprint density at radius 1 is 1.43 bits per heavy atom. The highest BCUT2D eigenvalue weighted by Gasteiger charge is 2.23. The van der Waals surface area contributed by atoms with Crippen molar-refractivity contribution in [2.45, 2.75) is 32.2 Å². The lowest BCUT2D eigenvalue weighted by atomic mass is 10.0. The minimum Gasteiger partial charge on any atom is -0.467 e. The van der Waals surface area contributed by atoms with E-state index in [1.165, 1.54) is 11.3 Å². The summed E-state index contributed by atoms with van der Waals surface area (Å²) in [6, 6.07) is 3.61. The van der Waals surface area contributed by atoms with E-state index in [2.05, 4.69) is 23.0 Å². The molecule has 0 aromatic carbocycles. The number of furan rings is 1. The predicted octanol–water partition coefficient (Wildman–Crippen LogP) is 3.98.